The van der Waals surface area contributed by atoms with E-state index in [-0.39, 0.29) is 10.7 Å². The van der Waals surface area contributed by atoms with Crippen molar-refractivity contribution in [3.63, 3.8) is 0 Å². The smallest absolute Gasteiger partial charge is 0.238 e. The van der Waals surface area contributed by atoms with Gasteiger partial charge >= 0.3 is 0 Å². The van der Waals surface area contributed by atoms with Crippen LogP contribution in [-0.2, 0) is 10.0 Å². The van der Waals surface area contributed by atoms with Crippen molar-refractivity contribution in [2.75, 3.05) is 0 Å². The summed E-state index contributed by atoms with van der Waals surface area (Å²) in [7, 11) is -3.91. The van der Waals surface area contributed by atoms with Gasteiger partial charge in [0.1, 0.15) is 5.82 Å². The molecule has 0 saturated carbocycles. The number of benzene rings is 2. The molecule has 7 heteroatoms. The molecule has 0 saturated heterocycles. The van der Waals surface area contributed by atoms with E-state index in [4.69, 9.17) is 16.7 Å². The molecule has 1 aromatic heterocycles. The van der Waals surface area contributed by atoms with E-state index in [2.05, 4.69) is 0 Å². The Labute approximate surface area is 144 Å². The lowest BCUT2D eigenvalue weighted by atomic mass is 10.1. The summed E-state index contributed by atoms with van der Waals surface area (Å²) in [6, 6.07) is 13.9. The van der Waals surface area contributed by atoms with Crippen LogP contribution in [0.25, 0.3) is 16.9 Å². The molecule has 0 fully saturated rings. The van der Waals surface area contributed by atoms with Crippen LogP contribution in [0.4, 0.5) is 4.39 Å². The van der Waals surface area contributed by atoms with Crippen molar-refractivity contribution in [3.8, 4) is 16.9 Å². The average Bonchev–Trinajstić information content (AvgIpc) is 2.83. The molecule has 2 aromatic carbocycles. The number of aromatic nitrogens is 1. The molecule has 124 valence electrons. The van der Waals surface area contributed by atoms with Crippen LogP contribution in [-0.4, -0.2) is 13.0 Å². The predicted molar refractivity (Wildman–Crippen MR) is 92.3 cm³/mol. The number of rotatable bonds is 3. The third-order valence-electron chi connectivity index (χ3n) is 3.74. The third kappa shape index (κ3) is 2.96. The largest absolute Gasteiger partial charge is 0.312 e. The molecule has 24 heavy (non-hydrogen) atoms. The van der Waals surface area contributed by atoms with Gasteiger partial charge in [-0.25, -0.2) is 17.9 Å². The summed E-state index contributed by atoms with van der Waals surface area (Å²) in [6.07, 6.45) is 0. The van der Waals surface area contributed by atoms with Crippen molar-refractivity contribution in [2.45, 2.75) is 11.8 Å². The van der Waals surface area contributed by atoms with Crippen molar-refractivity contribution in [2.24, 2.45) is 5.14 Å². The van der Waals surface area contributed by atoms with Crippen LogP contribution in [0.5, 0.6) is 0 Å². The molecule has 0 radical (unpaired) electrons. The van der Waals surface area contributed by atoms with Crippen LogP contribution in [0.15, 0.2) is 59.5 Å². The lowest BCUT2D eigenvalue weighted by Gasteiger charge is -2.14. The van der Waals surface area contributed by atoms with Crippen LogP contribution < -0.4 is 5.14 Å². The van der Waals surface area contributed by atoms with Crippen LogP contribution >= 0.6 is 11.6 Å². The second-order valence-corrected chi connectivity index (χ2v) is 7.25. The molecule has 0 unspecified atom stereocenters. The average molecular weight is 365 g/mol. The maximum absolute atomic E-state index is 13.2. The molecule has 0 aliphatic rings. The fourth-order valence-corrected chi connectivity index (χ4v) is 3.56. The monoisotopic (exact) mass is 364 g/mol. The van der Waals surface area contributed by atoms with Crippen molar-refractivity contribution >= 4 is 21.6 Å². The number of sulfonamides is 1. The molecule has 3 rings (SSSR count). The molecule has 0 spiro atoms. The minimum Gasteiger partial charge on any atom is -0.312 e. The molecular weight excluding hydrogens is 351 g/mol. The Morgan fingerprint density at radius 3 is 2.33 bits per heavy atom. The molecule has 1 heterocycles. The van der Waals surface area contributed by atoms with E-state index in [9.17, 15) is 12.8 Å². The number of primary sulfonamides is 1. The second-order valence-electron chi connectivity index (χ2n) is 5.32. The van der Waals surface area contributed by atoms with E-state index in [1.165, 1.54) is 18.2 Å². The Morgan fingerprint density at radius 2 is 1.71 bits per heavy atom. The van der Waals surface area contributed by atoms with E-state index in [1.807, 2.05) is 0 Å². The number of nitrogens with zero attached hydrogens (tertiary/aromatic N) is 1. The highest BCUT2D eigenvalue weighted by Gasteiger charge is 2.20. The minimum atomic E-state index is -3.91. The second kappa shape index (κ2) is 6.05. The number of halogens is 2. The first-order chi connectivity index (χ1) is 11.3. The quantitative estimate of drug-likeness (QED) is 0.766. The SMILES string of the molecule is Cc1c(Cl)cc(-c2ccccc2S(N)(=O)=O)n1-c1ccc(F)cc1. The van der Waals surface area contributed by atoms with Crippen LogP contribution in [0, 0.1) is 12.7 Å². The molecule has 0 amide bonds. The van der Waals surface area contributed by atoms with Gasteiger partial charge in [-0.3, -0.25) is 0 Å². The third-order valence-corrected chi connectivity index (χ3v) is 5.09. The minimum absolute atomic E-state index is 0.00234. The molecular formula is C17H14ClFN2O2S. The van der Waals surface area contributed by atoms with Crippen molar-refractivity contribution < 1.29 is 12.8 Å². The first-order valence-electron chi connectivity index (χ1n) is 7.05. The molecule has 0 aliphatic heterocycles. The van der Waals surface area contributed by atoms with E-state index < -0.39 is 10.0 Å². The summed E-state index contributed by atoms with van der Waals surface area (Å²) in [4.78, 5) is 0.00234. The summed E-state index contributed by atoms with van der Waals surface area (Å²) in [5, 5.41) is 5.80. The fourth-order valence-electron chi connectivity index (χ4n) is 2.62. The van der Waals surface area contributed by atoms with E-state index in [0.717, 1.165) is 0 Å². The molecule has 4 nitrogen and oxygen atoms in total. The van der Waals surface area contributed by atoms with Crippen LogP contribution in [0.1, 0.15) is 5.69 Å². The highest BCUT2D eigenvalue weighted by Crippen LogP contribution is 2.34. The topological polar surface area (TPSA) is 65.1 Å². The summed E-state index contributed by atoms with van der Waals surface area (Å²) in [6.45, 7) is 1.80. The summed E-state index contributed by atoms with van der Waals surface area (Å²) in [5.74, 6) is -0.360. The van der Waals surface area contributed by atoms with Gasteiger partial charge in [-0.05, 0) is 43.3 Å². The van der Waals surface area contributed by atoms with Gasteiger partial charge in [0.05, 0.1) is 15.6 Å². The maximum atomic E-state index is 13.2. The Bertz CT molecular complexity index is 1010. The van der Waals surface area contributed by atoms with Gasteiger partial charge in [-0.2, -0.15) is 0 Å². The lowest BCUT2D eigenvalue weighted by Crippen LogP contribution is -2.14. The number of hydrogen-bond acceptors (Lipinski definition) is 2. The zero-order valence-electron chi connectivity index (χ0n) is 12.7. The summed E-state index contributed by atoms with van der Waals surface area (Å²) in [5.41, 5.74) is 2.37. The standard InChI is InChI=1S/C17H14ClFN2O2S/c1-11-15(18)10-16(21(11)13-8-6-12(19)7-9-13)14-4-2-3-5-17(14)24(20,22)23/h2-10H,1H3,(H2,20,22,23). The van der Waals surface area contributed by atoms with Gasteiger partial charge in [0.25, 0.3) is 0 Å². The Morgan fingerprint density at radius 1 is 1.08 bits per heavy atom. The first kappa shape index (κ1) is 16.7. The van der Waals surface area contributed by atoms with E-state index >= 15 is 0 Å². The van der Waals surface area contributed by atoms with Gasteiger partial charge in [-0.1, -0.05) is 29.8 Å². The normalized spacial score (nSPS) is 11.7. The Balaban J connectivity index is 2.32. The number of hydrogen-bond donors (Lipinski definition) is 1. The van der Waals surface area contributed by atoms with E-state index in [1.54, 1.807) is 47.9 Å². The maximum Gasteiger partial charge on any atom is 0.238 e. The summed E-state index contributed by atoms with van der Waals surface area (Å²) >= 11 is 6.26. The van der Waals surface area contributed by atoms with E-state index in [0.29, 0.717) is 27.7 Å². The predicted octanol–water partition coefficient (Wildman–Crippen LogP) is 3.89. The van der Waals surface area contributed by atoms with Gasteiger partial charge in [0, 0.05) is 16.9 Å². The fraction of sp³-hybridized carbons (Fsp3) is 0.0588. The molecule has 2 N–H and O–H groups in total. The first-order valence-corrected chi connectivity index (χ1v) is 8.97. The molecule has 3 aromatic rings. The van der Waals surface area contributed by atoms with Crippen LogP contribution in [0.2, 0.25) is 5.02 Å². The Hall–Kier alpha value is -2.15. The van der Waals surface area contributed by atoms with Crippen molar-refractivity contribution in [3.05, 3.63) is 71.1 Å². The highest BCUT2D eigenvalue weighted by molar-refractivity contribution is 7.89. The zero-order valence-corrected chi connectivity index (χ0v) is 14.3. The highest BCUT2D eigenvalue weighted by atomic mass is 35.5. The Kier molecular flexibility index (Phi) is 4.21. The van der Waals surface area contributed by atoms with Gasteiger partial charge in [-0.15, -0.1) is 0 Å². The number of nitrogens with two attached hydrogens (primary N) is 1. The van der Waals surface area contributed by atoms with Crippen molar-refractivity contribution in [1.29, 1.82) is 0 Å². The molecule has 0 aliphatic carbocycles. The molecule has 0 bridgehead atoms. The molecule has 0 atom stereocenters. The lowest BCUT2D eigenvalue weighted by molar-refractivity contribution is 0.598. The van der Waals surface area contributed by atoms with Crippen LogP contribution in [0.3, 0.4) is 0 Å². The zero-order chi connectivity index (χ0) is 17.5. The summed E-state index contributed by atoms with van der Waals surface area (Å²) < 4.78 is 38.8. The van der Waals surface area contributed by atoms with Gasteiger partial charge in [0.15, 0.2) is 0 Å². The van der Waals surface area contributed by atoms with Crippen molar-refractivity contribution in [1.82, 2.24) is 4.57 Å². The van der Waals surface area contributed by atoms with Gasteiger partial charge < -0.3 is 4.57 Å². The van der Waals surface area contributed by atoms with Gasteiger partial charge in [0.2, 0.25) is 10.0 Å².